The number of nitrogens with one attached hydrogen (secondary N) is 2. The second-order valence-corrected chi connectivity index (χ2v) is 12.4. The number of likely N-dealkylation sites (tertiary alicyclic amines) is 1. The SMILES string of the molecule is C#CC(NC(=O)C1C2C3CC(CC3F)C2CN1C(O)C(NC(=O)C(F)(F)F)C(C)(C)C)c1cncc2c1OCCO2. The van der Waals surface area contributed by atoms with Crippen molar-refractivity contribution >= 4 is 11.8 Å². The second-order valence-electron chi connectivity index (χ2n) is 12.4. The van der Waals surface area contributed by atoms with E-state index in [-0.39, 0.29) is 25.0 Å². The molecule has 2 aliphatic heterocycles. The monoisotopic (exact) mass is 582 g/mol. The van der Waals surface area contributed by atoms with Crippen LogP contribution in [0.5, 0.6) is 11.5 Å². The minimum atomic E-state index is -5.17. The smallest absolute Gasteiger partial charge is 0.471 e. The van der Waals surface area contributed by atoms with E-state index in [1.54, 1.807) is 20.8 Å². The minimum Gasteiger partial charge on any atom is -0.486 e. The molecule has 41 heavy (non-hydrogen) atoms. The largest absolute Gasteiger partial charge is 0.486 e. The van der Waals surface area contributed by atoms with Gasteiger partial charge in [-0.3, -0.25) is 19.5 Å². The molecule has 0 aromatic carbocycles. The Hall–Kier alpha value is -3.11. The summed E-state index contributed by atoms with van der Waals surface area (Å²) in [5.74, 6) is -0.694. The van der Waals surface area contributed by atoms with Gasteiger partial charge in [-0.2, -0.15) is 13.2 Å². The minimum absolute atomic E-state index is 0.0234. The molecule has 13 heteroatoms. The highest BCUT2D eigenvalue weighted by atomic mass is 19.4. The van der Waals surface area contributed by atoms with Gasteiger partial charge in [-0.1, -0.05) is 26.7 Å². The number of ether oxygens (including phenoxy) is 2. The number of rotatable bonds is 6. The lowest BCUT2D eigenvalue weighted by Crippen LogP contribution is -2.62. The van der Waals surface area contributed by atoms with Gasteiger partial charge in [0.1, 0.15) is 31.7 Å². The topological polar surface area (TPSA) is 113 Å². The molecule has 0 spiro atoms. The highest BCUT2D eigenvalue weighted by molar-refractivity contribution is 5.84. The van der Waals surface area contributed by atoms with Crippen LogP contribution in [0.1, 0.15) is 45.2 Å². The summed E-state index contributed by atoms with van der Waals surface area (Å²) >= 11 is 0. The number of fused-ring (bicyclic) bond motifs is 6. The van der Waals surface area contributed by atoms with Crippen molar-refractivity contribution in [3.63, 3.8) is 0 Å². The Labute approximate surface area is 235 Å². The van der Waals surface area contributed by atoms with Crippen molar-refractivity contribution in [3.8, 4) is 23.8 Å². The van der Waals surface area contributed by atoms with Crippen LogP contribution >= 0.6 is 0 Å². The van der Waals surface area contributed by atoms with Crippen molar-refractivity contribution in [2.45, 2.75) is 70.3 Å². The molecule has 3 N–H and O–H groups in total. The Morgan fingerprint density at radius 3 is 2.51 bits per heavy atom. The first-order valence-corrected chi connectivity index (χ1v) is 13.7. The molecule has 2 bridgehead atoms. The van der Waals surface area contributed by atoms with Gasteiger partial charge in [-0.25, -0.2) is 4.39 Å². The summed E-state index contributed by atoms with van der Waals surface area (Å²) in [7, 11) is 0. The standard InChI is InChI=1S/C28H34F4N4O5/c1-5-18(15-10-33-11-19-22(15)41-7-6-40-19)34-24(37)21-20-14-8-13(9-17(14)29)16(20)12-36(21)25(38)23(27(2,3)4)35-26(39)28(30,31)32/h1,10-11,13-14,16-18,20-21,23,25,38H,6-9,12H2,2-4H3,(H,34,37)(H,35,39). The molecule has 1 saturated heterocycles. The van der Waals surface area contributed by atoms with Crippen LogP contribution in [0.25, 0.3) is 0 Å². The Morgan fingerprint density at radius 1 is 1.15 bits per heavy atom. The molecule has 9 nitrogen and oxygen atoms in total. The third-order valence-corrected chi connectivity index (χ3v) is 8.93. The predicted molar refractivity (Wildman–Crippen MR) is 137 cm³/mol. The molecule has 5 rings (SSSR count). The average molecular weight is 583 g/mol. The first-order valence-electron chi connectivity index (χ1n) is 13.7. The Morgan fingerprint density at radius 2 is 1.85 bits per heavy atom. The number of terminal acetylenes is 1. The first-order chi connectivity index (χ1) is 19.2. The van der Waals surface area contributed by atoms with E-state index in [1.165, 1.54) is 17.3 Å². The molecule has 2 saturated carbocycles. The van der Waals surface area contributed by atoms with Crippen LogP contribution in [0.15, 0.2) is 12.4 Å². The van der Waals surface area contributed by atoms with Gasteiger partial charge in [0.2, 0.25) is 5.91 Å². The van der Waals surface area contributed by atoms with Crippen molar-refractivity contribution in [1.29, 1.82) is 0 Å². The lowest BCUT2D eigenvalue weighted by Gasteiger charge is -2.42. The Bertz CT molecular complexity index is 1230. The van der Waals surface area contributed by atoms with Crippen molar-refractivity contribution in [2.24, 2.45) is 29.1 Å². The highest BCUT2D eigenvalue weighted by Gasteiger charge is 2.63. The van der Waals surface area contributed by atoms with Crippen LogP contribution < -0.4 is 20.1 Å². The van der Waals surface area contributed by atoms with E-state index in [0.717, 1.165) is 0 Å². The van der Waals surface area contributed by atoms with E-state index in [9.17, 15) is 32.3 Å². The molecule has 1 aromatic heterocycles. The van der Waals surface area contributed by atoms with Gasteiger partial charge in [0.15, 0.2) is 11.5 Å². The maximum Gasteiger partial charge on any atom is 0.471 e. The van der Waals surface area contributed by atoms with E-state index in [1.807, 2.05) is 5.32 Å². The number of hydrogen-bond donors (Lipinski definition) is 3. The summed E-state index contributed by atoms with van der Waals surface area (Å²) in [6, 6.07) is -3.52. The summed E-state index contributed by atoms with van der Waals surface area (Å²) in [6.07, 6.45) is 1.67. The van der Waals surface area contributed by atoms with Gasteiger partial charge in [0.25, 0.3) is 0 Å². The molecule has 9 atom stereocenters. The molecule has 9 unspecified atom stereocenters. The Balaban J connectivity index is 1.46. The summed E-state index contributed by atoms with van der Waals surface area (Å²) < 4.78 is 65.8. The average Bonchev–Trinajstić information content (AvgIpc) is 3.58. The van der Waals surface area contributed by atoms with E-state index in [4.69, 9.17) is 15.9 Å². The third-order valence-electron chi connectivity index (χ3n) is 8.93. The molecule has 2 aliphatic carbocycles. The lowest BCUT2D eigenvalue weighted by molar-refractivity contribution is -0.178. The number of halogens is 4. The number of aromatic nitrogens is 1. The van der Waals surface area contributed by atoms with Gasteiger partial charge in [-0.15, -0.1) is 6.42 Å². The zero-order valence-corrected chi connectivity index (χ0v) is 23.0. The number of carbonyl (C=O) groups excluding carboxylic acids is 2. The second kappa shape index (κ2) is 10.6. The maximum absolute atomic E-state index is 15.0. The summed E-state index contributed by atoms with van der Waals surface area (Å²) in [5, 5.41) is 16.3. The van der Waals surface area contributed by atoms with Gasteiger partial charge in [-0.05, 0) is 41.9 Å². The number of pyridine rings is 1. The lowest BCUT2D eigenvalue weighted by atomic mass is 9.77. The number of alkyl halides is 4. The predicted octanol–water partition coefficient (Wildman–Crippen LogP) is 2.35. The molecule has 3 heterocycles. The molecular formula is C28H34F4N4O5. The fourth-order valence-electron chi connectivity index (χ4n) is 7.14. The van der Waals surface area contributed by atoms with E-state index in [0.29, 0.717) is 36.5 Å². The number of aliphatic hydroxyl groups is 1. The molecular weight excluding hydrogens is 548 g/mol. The van der Waals surface area contributed by atoms with Crippen LogP contribution in [0, 0.1) is 41.4 Å². The molecule has 4 aliphatic rings. The van der Waals surface area contributed by atoms with Crippen molar-refractivity contribution < 1.29 is 41.7 Å². The van der Waals surface area contributed by atoms with Crippen molar-refractivity contribution in [3.05, 3.63) is 18.0 Å². The first kappa shape index (κ1) is 29.4. The van der Waals surface area contributed by atoms with E-state index < -0.39 is 65.8 Å². The van der Waals surface area contributed by atoms with Crippen molar-refractivity contribution in [1.82, 2.24) is 20.5 Å². The number of aliphatic hydroxyl groups excluding tert-OH is 1. The van der Waals surface area contributed by atoms with Gasteiger partial charge in [0, 0.05) is 12.7 Å². The molecule has 2 amide bonds. The van der Waals surface area contributed by atoms with Crippen LogP contribution in [-0.4, -0.2) is 77.2 Å². The molecule has 3 fully saturated rings. The number of hydrogen-bond acceptors (Lipinski definition) is 7. The maximum atomic E-state index is 15.0. The molecule has 0 radical (unpaired) electrons. The van der Waals surface area contributed by atoms with Gasteiger partial charge >= 0.3 is 12.1 Å². The van der Waals surface area contributed by atoms with Gasteiger partial charge < -0.3 is 25.2 Å². The third kappa shape index (κ3) is 5.32. The highest BCUT2D eigenvalue weighted by Crippen LogP contribution is 2.59. The normalized spacial score (nSPS) is 31.1. The van der Waals surface area contributed by atoms with E-state index in [2.05, 4.69) is 16.2 Å². The Kier molecular flexibility index (Phi) is 7.61. The number of carbonyl (C=O) groups is 2. The van der Waals surface area contributed by atoms with Crippen molar-refractivity contribution in [2.75, 3.05) is 19.8 Å². The van der Waals surface area contributed by atoms with E-state index >= 15 is 0 Å². The number of amides is 2. The fourth-order valence-corrected chi connectivity index (χ4v) is 7.14. The fraction of sp³-hybridized carbons (Fsp3) is 0.679. The molecule has 224 valence electrons. The quantitative estimate of drug-likeness (QED) is 0.349. The summed E-state index contributed by atoms with van der Waals surface area (Å²) in [5.41, 5.74) is -0.658. The van der Waals surface area contributed by atoms with Crippen LogP contribution in [0.4, 0.5) is 17.6 Å². The van der Waals surface area contributed by atoms with Crippen LogP contribution in [0.2, 0.25) is 0 Å². The zero-order valence-electron chi connectivity index (χ0n) is 23.0. The summed E-state index contributed by atoms with van der Waals surface area (Å²) in [6.45, 7) is 5.47. The number of nitrogens with zero attached hydrogens (tertiary/aromatic N) is 2. The summed E-state index contributed by atoms with van der Waals surface area (Å²) in [4.78, 5) is 31.5. The molecule has 1 aromatic rings. The van der Waals surface area contributed by atoms with Crippen LogP contribution in [0.3, 0.4) is 0 Å². The van der Waals surface area contributed by atoms with Crippen LogP contribution in [-0.2, 0) is 9.59 Å². The van der Waals surface area contributed by atoms with Gasteiger partial charge in [0.05, 0.1) is 23.8 Å². The zero-order chi connectivity index (χ0) is 29.9.